The number of benzene rings is 2. The lowest BCUT2D eigenvalue weighted by molar-refractivity contribution is -0.118. The van der Waals surface area contributed by atoms with Gasteiger partial charge in [0.05, 0.1) is 16.4 Å². The number of fused-ring (bicyclic) bond motifs is 1. The van der Waals surface area contributed by atoms with E-state index in [1.54, 1.807) is 30.3 Å². The number of hydrogen-bond donors (Lipinski definition) is 3. The third-order valence-electron chi connectivity index (χ3n) is 3.84. The second-order valence-corrected chi connectivity index (χ2v) is 6.06. The van der Waals surface area contributed by atoms with Gasteiger partial charge in [-0.2, -0.15) is 5.10 Å². The van der Waals surface area contributed by atoms with E-state index >= 15 is 0 Å². The van der Waals surface area contributed by atoms with E-state index in [-0.39, 0.29) is 24.1 Å². The summed E-state index contributed by atoms with van der Waals surface area (Å²) in [5, 5.41) is 12.8. The van der Waals surface area contributed by atoms with Gasteiger partial charge in [-0.3, -0.25) is 14.7 Å². The normalized spacial score (nSPS) is 12.7. The molecule has 2 heterocycles. The number of aromatic amines is 1. The van der Waals surface area contributed by atoms with E-state index < -0.39 is 0 Å². The molecular formula is C18H13ClN4O3. The lowest BCUT2D eigenvalue weighted by Gasteiger charge is -2.18. The van der Waals surface area contributed by atoms with E-state index in [2.05, 4.69) is 20.8 Å². The zero-order chi connectivity index (χ0) is 18.1. The Bertz CT molecular complexity index is 1020. The van der Waals surface area contributed by atoms with Crippen molar-refractivity contribution < 1.29 is 14.3 Å². The number of H-pyrrole nitrogens is 1. The minimum atomic E-state index is -0.362. The zero-order valence-corrected chi connectivity index (χ0v) is 14.1. The van der Waals surface area contributed by atoms with Gasteiger partial charge in [0, 0.05) is 11.3 Å². The number of amides is 2. The molecule has 0 unspecified atom stereocenters. The van der Waals surface area contributed by atoms with E-state index in [1.807, 2.05) is 18.2 Å². The summed E-state index contributed by atoms with van der Waals surface area (Å²) in [7, 11) is 0. The van der Waals surface area contributed by atoms with Gasteiger partial charge in [0.15, 0.2) is 6.61 Å². The van der Waals surface area contributed by atoms with Crippen molar-refractivity contribution in [2.45, 2.75) is 0 Å². The number of carbonyl (C=O) groups is 2. The van der Waals surface area contributed by atoms with Gasteiger partial charge in [-0.1, -0.05) is 29.8 Å². The van der Waals surface area contributed by atoms with E-state index in [0.717, 1.165) is 5.56 Å². The van der Waals surface area contributed by atoms with Crippen LogP contribution in [0.25, 0.3) is 11.3 Å². The van der Waals surface area contributed by atoms with Crippen LogP contribution < -0.4 is 15.4 Å². The molecule has 4 rings (SSSR count). The van der Waals surface area contributed by atoms with Crippen molar-refractivity contribution in [1.82, 2.24) is 10.2 Å². The molecule has 0 aliphatic carbocycles. The van der Waals surface area contributed by atoms with Crippen molar-refractivity contribution in [2.24, 2.45) is 0 Å². The van der Waals surface area contributed by atoms with Crippen LogP contribution >= 0.6 is 11.6 Å². The monoisotopic (exact) mass is 368 g/mol. The van der Waals surface area contributed by atoms with Gasteiger partial charge < -0.3 is 15.4 Å². The van der Waals surface area contributed by atoms with Crippen molar-refractivity contribution in [3.63, 3.8) is 0 Å². The summed E-state index contributed by atoms with van der Waals surface area (Å²) in [4.78, 5) is 23.8. The molecule has 1 aliphatic heterocycles. The maximum atomic E-state index is 12.4. The average Bonchev–Trinajstić information content (AvgIpc) is 3.12. The third kappa shape index (κ3) is 3.12. The SMILES string of the molecule is O=C1COc2ccc(NC(=O)c3cc(-c4ccccc4Cl)n[nH]3)cc2N1. The highest BCUT2D eigenvalue weighted by atomic mass is 35.5. The zero-order valence-electron chi connectivity index (χ0n) is 13.4. The first-order valence-corrected chi connectivity index (χ1v) is 8.16. The van der Waals surface area contributed by atoms with Gasteiger partial charge in [-0.25, -0.2) is 0 Å². The van der Waals surface area contributed by atoms with Crippen LogP contribution in [0.1, 0.15) is 10.5 Å². The molecule has 26 heavy (non-hydrogen) atoms. The van der Waals surface area contributed by atoms with Crippen molar-refractivity contribution in [1.29, 1.82) is 0 Å². The minimum absolute atomic E-state index is 0.0162. The molecule has 0 saturated heterocycles. The van der Waals surface area contributed by atoms with Crippen molar-refractivity contribution in [3.8, 4) is 17.0 Å². The molecule has 0 bridgehead atoms. The van der Waals surface area contributed by atoms with Crippen LogP contribution in [0, 0.1) is 0 Å². The molecule has 2 aromatic carbocycles. The van der Waals surface area contributed by atoms with Crippen LogP contribution in [0.5, 0.6) is 5.75 Å². The molecule has 0 saturated carbocycles. The number of carbonyl (C=O) groups excluding carboxylic acids is 2. The Hall–Kier alpha value is -3.32. The van der Waals surface area contributed by atoms with Crippen LogP contribution in [0.4, 0.5) is 11.4 Å². The maximum absolute atomic E-state index is 12.4. The molecular weight excluding hydrogens is 356 g/mol. The standard InChI is InChI=1S/C18H13ClN4O3/c19-12-4-2-1-3-11(12)13-8-15(23-22-13)18(25)20-10-5-6-16-14(7-10)21-17(24)9-26-16/h1-8H,9H2,(H,20,25)(H,21,24)(H,22,23). The Morgan fingerprint density at radius 2 is 2.04 bits per heavy atom. The van der Waals surface area contributed by atoms with Gasteiger partial charge in [0.2, 0.25) is 0 Å². The highest BCUT2D eigenvalue weighted by molar-refractivity contribution is 6.33. The summed E-state index contributed by atoms with van der Waals surface area (Å²) in [6.07, 6.45) is 0. The minimum Gasteiger partial charge on any atom is -0.482 e. The number of halogens is 1. The Balaban J connectivity index is 1.53. The molecule has 0 spiro atoms. The number of rotatable bonds is 3. The van der Waals surface area contributed by atoms with E-state index in [1.165, 1.54) is 0 Å². The van der Waals surface area contributed by atoms with Gasteiger partial charge in [-0.05, 0) is 30.3 Å². The number of nitrogens with one attached hydrogen (secondary N) is 3. The molecule has 130 valence electrons. The van der Waals surface area contributed by atoms with Gasteiger partial charge in [0.1, 0.15) is 11.4 Å². The number of hydrogen-bond acceptors (Lipinski definition) is 4. The predicted octanol–water partition coefficient (Wildman–Crippen LogP) is 3.31. The Morgan fingerprint density at radius 3 is 2.88 bits per heavy atom. The van der Waals surface area contributed by atoms with Crippen molar-refractivity contribution in [3.05, 3.63) is 59.2 Å². The van der Waals surface area contributed by atoms with Crippen LogP contribution in [0.15, 0.2) is 48.5 Å². The molecule has 1 aliphatic rings. The largest absolute Gasteiger partial charge is 0.482 e. The molecule has 1 aromatic heterocycles. The summed E-state index contributed by atoms with van der Waals surface area (Å²) in [5.74, 6) is -0.0390. The number of anilines is 2. The molecule has 2 amide bonds. The van der Waals surface area contributed by atoms with Crippen LogP contribution in [-0.4, -0.2) is 28.6 Å². The average molecular weight is 369 g/mol. The van der Waals surface area contributed by atoms with Crippen LogP contribution in [-0.2, 0) is 4.79 Å². The number of nitrogens with zero attached hydrogens (tertiary/aromatic N) is 1. The lowest BCUT2D eigenvalue weighted by atomic mass is 10.1. The predicted molar refractivity (Wildman–Crippen MR) is 97.6 cm³/mol. The lowest BCUT2D eigenvalue weighted by Crippen LogP contribution is -2.25. The first kappa shape index (κ1) is 16.2. The first-order chi connectivity index (χ1) is 12.6. The molecule has 0 atom stereocenters. The highest BCUT2D eigenvalue weighted by Gasteiger charge is 2.17. The van der Waals surface area contributed by atoms with E-state index in [4.69, 9.17) is 16.3 Å². The van der Waals surface area contributed by atoms with E-state index in [9.17, 15) is 9.59 Å². The fraction of sp³-hybridized carbons (Fsp3) is 0.0556. The fourth-order valence-electron chi connectivity index (χ4n) is 2.60. The first-order valence-electron chi connectivity index (χ1n) is 7.78. The summed E-state index contributed by atoms with van der Waals surface area (Å²) in [5.41, 5.74) is 2.64. The Morgan fingerprint density at radius 1 is 1.19 bits per heavy atom. The quantitative estimate of drug-likeness (QED) is 0.660. The highest BCUT2D eigenvalue weighted by Crippen LogP contribution is 2.31. The van der Waals surface area contributed by atoms with Gasteiger partial charge in [-0.15, -0.1) is 0 Å². The Kier molecular flexibility index (Phi) is 4.06. The van der Waals surface area contributed by atoms with Crippen molar-refractivity contribution >= 4 is 34.8 Å². The summed E-state index contributed by atoms with van der Waals surface area (Å²) < 4.78 is 5.29. The maximum Gasteiger partial charge on any atom is 0.273 e. The molecule has 0 fully saturated rings. The van der Waals surface area contributed by atoms with Crippen LogP contribution in [0.3, 0.4) is 0 Å². The molecule has 7 nitrogen and oxygen atoms in total. The summed E-state index contributed by atoms with van der Waals surface area (Å²) in [6, 6.07) is 13.9. The molecule has 0 radical (unpaired) electrons. The fourth-order valence-corrected chi connectivity index (χ4v) is 2.84. The number of ether oxygens (including phenoxy) is 1. The molecule has 8 heteroatoms. The third-order valence-corrected chi connectivity index (χ3v) is 4.17. The molecule has 3 aromatic rings. The van der Waals surface area contributed by atoms with E-state index in [0.29, 0.717) is 27.8 Å². The van der Waals surface area contributed by atoms with Gasteiger partial charge >= 0.3 is 0 Å². The Labute approximate surface area is 153 Å². The molecule has 3 N–H and O–H groups in total. The summed E-state index contributed by atoms with van der Waals surface area (Å²) >= 11 is 6.16. The van der Waals surface area contributed by atoms with Gasteiger partial charge in [0.25, 0.3) is 11.8 Å². The summed E-state index contributed by atoms with van der Waals surface area (Å²) in [6.45, 7) is -0.0162. The second-order valence-electron chi connectivity index (χ2n) is 5.65. The van der Waals surface area contributed by atoms with Crippen molar-refractivity contribution in [2.75, 3.05) is 17.2 Å². The smallest absolute Gasteiger partial charge is 0.273 e. The van der Waals surface area contributed by atoms with Crippen LogP contribution in [0.2, 0.25) is 5.02 Å². The topological polar surface area (TPSA) is 96.1 Å². The second kappa shape index (κ2) is 6.53. The number of aromatic nitrogens is 2.